The predicted octanol–water partition coefficient (Wildman–Crippen LogP) is 3.98. The minimum absolute atomic E-state index is 0.000897. The van der Waals surface area contributed by atoms with Gasteiger partial charge in [0, 0.05) is 61.6 Å². The van der Waals surface area contributed by atoms with Gasteiger partial charge in [-0.2, -0.15) is 0 Å². The van der Waals surface area contributed by atoms with E-state index < -0.39 is 11.7 Å². The van der Waals surface area contributed by atoms with Crippen molar-refractivity contribution in [2.24, 2.45) is 7.05 Å². The standard InChI is InChI=1S/C29H30FN5O6/c1-16-24(27(36)26(17(2)34(16)3)35-10-12-40-13-11-35)28(37)32-18-6-7-21(19(30)14-18)41-22-8-9-31-20-15-23(38-4)29(39-5)33-25(20)22/h6-9,14-15H,10-13H2,1-5H3,(H,32,37). The maximum atomic E-state index is 15.2. The number of pyridine rings is 3. The third-order valence-corrected chi connectivity index (χ3v) is 7.14. The van der Waals surface area contributed by atoms with Crippen molar-refractivity contribution in [3.8, 4) is 23.1 Å². The second-order valence-corrected chi connectivity index (χ2v) is 9.46. The van der Waals surface area contributed by atoms with Gasteiger partial charge in [0.15, 0.2) is 23.1 Å². The number of hydrogen-bond donors (Lipinski definition) is 1. The molecule has 12 heteroatoms. The molecule has 4 aromatic rings. The first kappa shape index (κ1) is 27.8. The zero-order valence-electron chi connectivity index (χ0n) is 23.4. The van der Waals surface area contributed by atoms with Gasteiger partial charge in [-0.15, -0.1) is 0 Å². The number of nitrogens with one attached hydrogen (secondary N) is 1. The lowest BCUT2D eigenvalue weighted by atomic mass is 10.1. The molecule has 0 saturated carbocycles. The molecule has 1 N–H and O–H groups in total. The quantitative estimate of drug-likeness (QED) is 0.356. The van der Waals surface area contributed by atoms with Gasteiger partial charge in [0.05, 0.1) is 33.0 Å². The fraction of sp³-hybridized carbons (Fsp3) is 0.310. The van der Waals surface area contributed by atoms with Crippen LogP contribution in [-0.2, 0) is 11.8 Å². The summed E-state index contributed by atoms with van der Waals surface area (Å²) in [6.45, 7) is 5.66. The number of amides is 1. The number of hydrogen-bond acceptors (Lipinski definition) is 9. The molecule has 11 nitrogen and oxygen atoms in total. The monoisotopic (exact) mass is 563 g/mol. The van der Waals surface area contributed by atoms with E-state index in [1.54, 1.807) is 26.1 Å². The maximum absolute atomic E-state index is 15.2. The van der Waals surface area contributed by atoms with Gasteiger partial charge in [0.1, 0.15) is 16.8 Å². The smallest absolute Gasteiger partial charge is 0.261 e. The summed E-state index contributed by atoms with van der Waals surface area (Å²) in [7, 11) is 4.75. The molecular formula is C29H30FN5O6. The summed E-state index contributed by atoms with van der Waals surface area (Å²) in [6, 6.07) is 7.21. The lowest BCUT2D eigenvalue weighted by Crippen LogP contribution is -2.41. The number of nitrogens with zero attached hydrogens (tertiary/aromatic N) is 4. The van der Waals surface area contributed by atoms with E-state index >= 15 is 4.39 Å². The fourth-order valence-electron chi connectivity index (χ4n) is 4.81. The van der Waals surface area contributed by atoms with Gasteiger partial charge in [-0.3, -0.25) is 14.6 Å². The van der Waals surface area contributed by atoms with Gasteiger partial charge in [-0.25, -0.2) is 9.37 Å². The Kier molecular flexibility index (Phi) is 7.75. The third-order valence-electron chi connectivity index (χ3n) is 7.14. The summed E-state index contributed by atoms with van der Waals surface area (Å²) in [5.74, 6) is -0.575. The van der Waals surface area contributed by atoms with Gasteiger partial charge in [-0.05, 0) is 26.0 Å². The number of anilines is 2. The van der Waals surface area contributed by atoms with Gasteiger partial charge in [0.25, 0.3) is 11.8 Å². The summed E-state index contributed by atoms with van der Waals surface area (Å²) >= 11 is 0. The fourth-order valence-corrected chi connectivity index (χ4v) is 4.81. The Balaban J connectivity index is 1.42. The van der Waals surface area contributed by atoms with E-state index in [1.807, 2.05) is 16.4 Å². The van der Waals surface area contributed by atoms with E-state index in [2.05, 4.69) is 15.3 Å². The average molecular weight is 564 g/mol. The topological polar surface area (TPSA) is 117 Å². The second kappa shape index (κ2) is 11.4. The van der Waals surface area contributed by atoms with Crippen LogP contribution in [-0.4, -0.2) is 61.0 Å². The van der Waals surface area contributed by atoms with Crippen LogP contribution in [0.25, 0.3) is 11.0 Å². The van der Waals surface area contributed by atoms with E-state index in [9.17, 15) is 9.59 Å². The highest BCUT2D eigenvalue weighted by Crippen LogP contribution is 2.35. The molecule has 0 spiro atoms. The molecule has 1 aromatic carbocycles. The first-order valence-corrected chi connectivity index (χ1v) is 12.9. The first-order chi connectivity index (χ1) is 19.7. The Hall–Kier alpha value is -4.71. The number of morpholine rings is 1. The number of aromatic nitrogens is 3. The van der Waals surface area contributed by atoms with Crippen LogP contribution in [0.15, 0.2) is 41.3 Å². The first-order valence-electron chi connectivity index (χ1n) is 12.9. The van der Waals surface area contributed by atoms with Crippen molar-refractivity contribution in [1.82, 2.24) is 14.5 Å². The Labute approximate surface area is 235 Å². The summed E-state index contributed by atoms with van der Waals surface area (Å²) in [5.41, 5.74) is 2.34. The van der Waals surface area contributed by atoms with Crippen LogP contribution < -0.4 is 29.9 Å². The second-order valence-electron chi connectivity index (χ2n) is 9.46. The zero-order chi connectivity index (χ0) is 29.3. The molecule has 214 valence electrons. The zero-order valence-corrected chi connectivity index (χ0v) is 23.4. The Morgan fingerprint density at radius 2 is 1.78 bits per heavy atom. The van der Waals surface area contributed by atoms with Gasteiger partial charge < -0.3 is 33.7 Å². The number of halogens is 1. The number of benzene rings is 1. The molecule has 1 fully saturated rings. The van der Waals surface area contributed by atoms with Gasteiger partial charge >= 0.3 is 0 Å². The molecule has 1 saturated heterocycles. The van der Waals surface area contributed by atoms with E-state index in [0.717, 1.165) is 11.8 Å². The summed E-state index contributed by atoms with van der Waals surface area (Å²) in [6.07, 6.45) is 1.51. The van der Waals surface area contributed by atoms with E-state index in [0.29, 0.717) is 54.5 Å². The lowest BCUT2D eigenvalue weighted by Gasteiger charge is -2.31. The molecule has 1 aliphatic rings. The Morgan fingerprint density at radius 3 is 2.46 bits per heavy atom. The SMILES string of the molecule is COc1cc2nccc(Oc3ccc(NC(=O)c4c(C)n(C)c(C)c(N5CCOCC5)c4=O)cc3F)c2nc1OC. The van der Waals surface area contributed by atoms with Gasteiger partial charge in [0.2, 0.25) is 5.43 Å². The molecule has 5 rings (SSSR count). The molecular weight excluding hydrogens is 533 g/mol. The van der Waals surface area contributed by atoms with E-state index in [4.69, 9.17) is 18.9 Å². The van der Waals surface area contributed by atoms with Crippen molar-refractivity contribution in [2.45, 2.75) is 13.8 Å². The normalized spacial score (nSPS) is 13.3. The number of methoxy groups -OCH3 is 2. The Morgan fingerprint density at radius 1 is 1.02 bits per heavy atom. The summed E-state index contributed by atoms with van der Waals surface area (Å²) in [4.78, 5) is 37.5. The highest BCUT2D eigenvalue weighted by atomic mass is 19.1. The molecule has 0 radical (unpaired) electrons. The molecule has 41 heavy (non-hydrogen) atoms. The molecule has 3 aromatic heterocycles. The molecule has 1 amide bonds. The third kappa shape index (κ3) is 5.25. The van der Waals surface area contributed by atoms with E-state index in [1.165, 1.54) is 32.5 Å². The number of rotatable bonds is 7. The largest absolute Gasteiger partial charge is 0.491 e. The number of fused-ring (bicyclic) bond motifs is 1. The number of carbonyl (C=O) groups excluding carboxylic acids is 1. The highest BCUT2D eigenvalue weighted by Gasteiger charge is 2.26. The lowest BCUT2D eigenvalue weighted by molar-refractivity contribution is 0.102. The summed E-state index contributed by atoms with van der Waals surface area (Å²) in [5, 5.41) is 2.66. The van der Waals surface area contributed by atoms with Crippen molar-refractivity contribution < 1.29 is 28.1 Å². The molecule has 0 atom stereocenters. The molecule has 4 heterocycles. The molecule has 1 aliphatic heterocycles. The van der Waals surface area contributed by atoms with Crippen LogP contribution in [0.3, 0.4) is 0 Å². The molecule has 0 unspecified atom stereocenters. The Bertz CT molecular complexity index is 1700. The van der Waals surface area contributed by atoms with Crippen LogP contribution in [0, 0.1) is 19.7 Å². The van der Waals surface area contributed by atoms with Crippen LogP contribution in [0.5, 0.6) is 23.1 Å². The number of carbonyl (C=O) groups is 1. The van der Waals surface area contributed by atoms with Crippen LogP contribution in [0.2, 0.25) is 0 Å². The maximum Gasteiger partial charge on any atom is 0.261 e. The van der Waals surface area contributed by atoms with Crippen LogP contribution in [0.4, 0.5) is 15.8 Å². The number of ether oxygens (including phenoxy) is 4. The van der Waals surface area contributed by atoms with Crippen molar-refractivity contribution >= 4 is 28.3 Å². The predicted molar refractivity (Wildman–Crippen MR) is 151 cm³/mol. The van der Waals surface area contributed by atoms with Crippen molar-refractivity contribution in [3.63, 3.8) is 0 Å². The van der Waals surface area contributed by atoms with E-state index in [-0.39, 0.29) is 34.1 Å². The van der Waals surface area contributed by atoms with Crippen molar-refractivity contribution in [3.05, 3.63) is 69.5 Å². The minimum Gasteiger partial charge on any atom is -0.491 e. The van der Waals surface area contributed by atoms with Crippen molar-refractivity contribution in [2.75, 3.05) is 50.7 Å². The van der Waals surface area contributed by atoms with Crippen LogP contribution in [0.1, 0.15) is 21.7 Å². The minimum atomic E-state index is -0.726. The van der Waals surface area contributed by atoms with Gasteiger partial charge in [-0.1, -0.05) is 0 Å². The van der Waals surface area contributed by atoms with Crippen LogP contribution >= 0.6 is 0 Å². The highest BCUT2D eigenvalue weighted by molar-refractivity contribution is 6.05. The molecule has 0 aliphatic carbocycles. The van der Waals surface area contributed by atoms with Crippen molar-refractivity contribution in [1.29, 1.82) is 0 Å². The average Bonchev–Trinajstić information content (AvgIpc) is 2.97. The molecule has 0 bridgehead atoms. The summed E-state index contributed by atoms with van der Waals surface area (Å²) < 4.78 is 38.8.